The summed E-state index contributed by atoms with van der Waals surface area (Å²) in [6.07, 6.45) is -14.0. The molecule has 0 saturated heterocycles. The summed E-state index contributed by atoms with van der Waals surface area (Å²) in [5.41, 5.74) is -5.74. The van der Waals surface area contributed by atoms with E-state index in [-0.39, 0.29) is 41.5 Å². The first-order chi connectivity index (χ1) is 36.3. The zero-order valence-corrected chi connectivity index (χ0v) is 46.3. The van der Waals surface area contributed by atoms with Crippen molar-refractivity contribution in [3.05, 3.63) is 131 Å². The van der Waals surface area contributed by atoms with Gasteiger partial charge in [-0.1, -0.05) is 92.4 Å². The van der Waals surface area contributed by atoms with Gasteiger partial charge in [-0.2, -0.15) is 0 Å². The van der Waals surface area contributed by atoms with Crippen LogP contribution in [0.2, 0.25) is 0 Å². The van der Waals surface area contributed by atoms with E-state index in [1.165, 1.54) is 26.0 Å². The molecule has 3 aliphatic rings. The number of amides is 2. The summed E-state index contributed by atoms with van der Waals surface area (Å²) < 4.78 is 42.3. The van der Waals surface area contributed by atoms with Crippen LogP contribution in [0.1, 0.15) is 136 Å². The maximum atomic E-state index is 14.5. The van der Waals surface area contributed by atoms with Gasteiger partial charge >= 0.3 is 42.0 Å². The van der Waals surface area contributed by atoms with E-state index in [1.807, 2.05) is 0 Å². The predicted octanol–water partition coefficient (Wildman–Crippen LogP) is 7.62. The van der Waals surface area contributed by atoms with Crippen LogP contribution in [-0.2, 0) is 52.3 Å². The summed E-state index contributed by atoms with van der Waals surface area (Å²) in [6, 6.07) is 21.5. The third kappa shape index (κ3) is 13.4. The number of rotatable bonds is 15. The molecule has 0 aliphatic heterocycles. The Labute approximate surface area is 455 Å². The molecule has 12 atom stereocenters. The van der Waals surface area contributed by atoms with E-state index >= 15 is 0 Å². The SMILES string of the molecule is C=C1[C@@H](OC(=O)[C@H](O)[C@@H](NC(=O)OC(C)(C)C)c2ccccc2)C[C@H](OC(C)=O)[C@]2(C)[C@@H]1C[C@]1(C(C)(C)O)C[C@H](OC(=O)C(O)C(NC(=O)OC(C)(C)C)c3ccccc3)C(C)=C1[C@@H](OC(=O)c1ccccc1)[C@@H]2OC(C)=O. The van der Waals surface area contributed by atoms with Crippen LogP contribution in [-0.4, -0.2) is 117 Å². The first-order valence-corrected chi connectivity index (χ1v) is 25.9. The Morgan fingerprint density at radius 2 is 1.06 bits per heavy atom. The Morgan fingerprint density at radius 1 is 0.628 bits per heavy atom. The molecule has 0 bridgehead atoms. The van der Waals surface area contributed by atoms with E-state index < -0.39 is 130 Å². The number of aliphatic hydroxyl groups is 3. The lowest BCUT2D eigenvalue weighted by molar-refractivity contribution is -0.199. The Balaban J connectivity index is 1.49. The average molecular weight is 1080 g/mol. The lowest BCUT2D eigenvalue weighted by Gasteiger charge is -2.53. The highest BCUT2D eigenvalue weighted by atomic mass is 16.6. The Hall–Kier alpha value is -7.09. The second-order valence-corrected chi connectivity index (χ2v) is 23.0. The van der Waals surface area contributed by atoms with Gasteiger partial charge in [0, 0.05) is 32.1 Å². The van der Waals surface area contributed by atoms with Gasteiger partial charge in [0.2, 0.25) is 0 Å². The van der Waals surface area contributed by atoms with Crippen LogP contribution in [0.15, 0.2) is 114 Å². The minimum atomic E-state index is -2.06. The van der Waals surface area contributed by atoms with E-state index in [4.69, 9.17) is 33.2 Å². The van der Waals surface area contributed by atoms with Crippen molar-refractivity contribution < 1.29 is 82.0 Å². The maximum absolute atomic E-state index is 14.5. The molecule has 6 rings (SSSR count). The minimum Gasteiger partial charge on any atom is -0.462 e. The van der Waals surface area contributed by atoms with E-state index in [1.54, 1.807) is 134 Å². The zero-order chi connectivity index (χ0) is 57.9. The number of alkyl carbamates (subject to hydrolysis) is 2. The fourth-order valence-electron chi connectivity index (χ4n) is 11.1. The molecular weight excluding hydrogens is 1010 g/mol. The van der Waals surface area contributed by atoms with E-state index in [0.29, 0.717) is 11.1 Å². The first-order valence-electron chi connectivity index (χ1n) is 25.9. The quantitative estimate of drug-likeness (QED) is 0.0556. The van der Waals surface area contributed by atoms with Gasteiger partial charge in [0.05, 0.1) is 28.7 Å². The maximum Gasteiger partial charge on any atom is 0.408 e. The smallest absolute Gasteiger partial charge is 0.408 e. The molecule has 2 fully saturated rings. The number of carbonyl (C=O) groups excluding carboxylic acids is 7. The normalized spacial score (nSPS) is 25.7. The summed E-state index contributed by atoms with van der Waals surface area (Å²) in [4.78, 5) is 96.7. The van der Waals surface area contributed by atoms with Crippen molar-refractivity contribution in [1.29, 1.82) is 0 Å². The molecule has 3 aromatic rings. The van der Waals surface area contributed by atoms with Crippen LogP contribution in [0, 0.1) is 16.7 Å². The van der Waals surface area contributed by atoms with Gasteiger partial charge in [0.15, 0.2) is 24.4 Å². The second kappa shape index (κ2) is 23.5. The number of nitrogens with one attached hydrogen (secondary N) is 2. The van der Waals surface area contributed by atoms with E-state index in [0.717, 1.165) is 13.8 Å². The average Bonchev–Trinajstić information content (AvgIpc) is 3.85. The number of esters is 5. The molecule has 0 aromatic heterocycles. The monoisotopic (exact) mass is 1080 g/mol. The highest BCUT2D eigenvalue weighted by molar-refractivity contribution is 5.89. The van der Waals surface area contributed by atoms with Crippen molar-refractivity contribution in [2.24, 2.45) is 16.7 Å². The van der Waals surface area contributed by atoms with Crippen molar-refractivity contribution in [1.82, 2.24) is 10.6 Å². The topological polar surface area (TPSA) is 269 Å². The fourth-order valence-corrected chi connectivity index (χ4v) is 11.1. The number of hydrogen-bond donors (Lipinski definition) is 5. The lowest BCUT2D eigenvalue weighted by Crippen LogP contribution is -2.60. The molecule has 2 saturated carbocycles. The van der Waals surface area contributed by atoms with Crippen LogP contribution in [0.25, 0.3) is 0 Å². The number of ether oxygens (including phenoxy) is 7. The second-order valence-electron chi connectivity index (χ2n) is 23.0. The summed E-state index contributed by atoms with van der Waals surface area (Å²) in [7, 11) is 0. The van der Waals surface area contributed by atoms with Crippen LogP contribution in [0.4, 0.5) is 9.59 Å². The molecular formula is C59H74N2O17. The molecule has 78 heavy (non-hydrogen) atoms. The van der Waals surface area contributed by atoms with Gasteiger partial charge in [-0.15, -0.1) is 0 Å². The van der Waals surface area contributed by atoms with Crippen molar-refractivity contribution in [2.45, 2.75) is 174 Å². The van der Waals surface area contributed by atoms with Crippen LogP contribution >= 0.6 is 0 Å². The molecule has 19 nitrogen and oxygen atoms in total. The van der Waals surface area contributed by atoms with Gasteiger partial charge in [-0.3, -0.25) is 9.59 Å². The van der Waals surface area contributed by atoms with Crippen molar-refractivity contribution >= 4 is 42.0 Å². The highest BCUT2D eigenvalue weighted by Crippen LogP contribution is 2.66. The summed E-state index contributed by atoms with van der Waals surface area (Å²) >= 11 is 0. The van der Waals surface area contributed by atoms with Gasteiger partial charge in [-0.05, 0) is 115 Å². The van der Waals surface area contributed by atoms with Crippen LogP contribution in [0.5, 0.6) is 0 Å². The summed E-state index contributed by atoms with van der Waals surface area (Å²) in [6.45, 7) is 22.9. The van der Waals surface area contributed by atoms with Gasteiger partial charge in [-0.25, -0.2) is 24.0 Å². The van der Waals surface area contributed by atoms with E-state index in [9.17, 15) is 48.9 Å². The van der Waals surface area contributed by atoms with Gasteiger partial charge in [0.1, 0.15) is 29.5 Å². The van der Waals surface area contributed by atoms with Gasteiger partial charge < -0.3 is 59.1 Å². The molecule has 3 aromatic carbocycles. The van der Waals surface area contributed by atoms with E-state index in [2.05, 4.69) is 17.2 Å². The number of fused-ring (bicyclic) bond motifs is 2. The molecule has 422 valence electrons. The predicted molar refractivity (Wildman–Crippen MR) is 282 cm³/mol. The van der Waals surface area contributed by atoms with Crippen molar-refractivity contribution in [2.75, 3.05) is 0 Å². The lowest BCUT2D eigenvalue weighted by atomic mass is 9.56. The molecule has 0 radical (unpaired) electrons. The standard InChI is InChI=1S/C59H74N2O17/c1-32-39-30-59(57(11,12)71)31-41(75-52(68)47(65)45(37-25-19-15-20-26-37)61-54(70)78-56(8,9)10)33(2)43(59)48(76-50(66)38-27-21-16-22-28-38)49(73-35(4)63)58(39,13)42(72-34(3)62)29-40(32)74-51(67)46(64)44(36-23-17-14-18-24-36)60-53(69)77-55(5,6)7/h14-28,39-42,44-49,64-65,71H,1,29-31H2,2-13H3,(H,60,69)(H,61,70)/t39-,40+,41+,42+,44+,45?,46-,47?,48-,49+,58+,59+/m1/s1. The number of aliphatic hydroxyl groups excluding tert-OH is 2. The summed E-state index contributed by atoms with van der Waals surface area (Å²) in [5.74, 6) is -6.05. The van der Waals surface area contributed by atoms with Crippen molar-refractivity contribution in [3.63, 3.8) is 0 Å². The van der Waals surface area contributed by atoms with Crippen molar-refractivity contribution in [3.8, 4) is 0 Å². The Morgan fingerprint density at radius 3 is 1.49 bits per heavy atom. The fraction of sp³-hybridized carbons (Fsp3) is 0.508. The molecule has 2 amide bonds. The molecule has 3 aliphatic carbocycles. The highest BCUT2D eigenvalue weighted by Gasteiger charge is 2.70. The van der Waals surface area contributed by atoms with Crippen LogP contribution in [0.3, 0.4) is 0 Å². The molecule has 19 heteroatoms. The molecule has 5 N–H and O–H groups in total. The molecule has 2 unspecified atom stereocenters. The Kier molecular flexibility index (Phi) is 18.1. The number of carbonyl (C=O) groups is 7. The molecule has 0 heterocycles. The number of hydrogen-bond acceptors (Lipinski definition) is 17. The zero-order valence-electron chi connectivity index (χ0n) is 46.3. The van der Waals surface area contributed by atoms with Gasteiger partial charge in [0.25, 0.3) is 0 Å². The van der Waals surface area contributed by atoms with Crippen LogP contribution < -0.4 is 10.6 Å². The third-order valence-electron chi connectivity index (χ3n) is 14.7. The summed E-state index contributed by atoms with van der Waals surface area (Å²) in [5, 5.41) is 41.7. The minimum absolute atomic E-state index is 0.0933. The first kappa shape index (κ1) is 60.1. The Bertz CT molecular complexity index is 2740. The number of benzene rings is 3. The molecule has 0 spiro atoms. The third-order valence-corrected chi connectivity index (χ3v) is 14.7. The largest absolute Gasteiger partial charge is 0.462 e.